The van der Waals surface area contributed by atoms with Crippen LogP contribution in [0.4, 0.5) is 5.69 Å². The second-order valence-electron chi connectivity index (χ2n) is 9.27. The number of aliphatic carboxylic acids is 1. The molecule has 224 valence electrons. The summed E-state index contributed by atoms with van der Waals surface area (Å²) in [6.45, 7) is 0. The number of nitrogens with one attached hydrogen (secondary N) is 3. The summed E-state index contributed by atoms with van der Waals surface area (Å²) >= 11 is 4.05. The van der Waals surface area contributed by atoms with Gasteiger partial charge < -0.3 is 15.7 Å². The maximum Gasteiger partial charge on any atom is 0.352 e. The van der Waals surface area contributed by atoms with Crippen LogP contribution in [0, 0.1) is 0 Å². The number of rotatable bonds is 10. The van der Waals surface area contributed by atoms with Crippen molar-refractivity contribution >= 4 is 64.2 Å². The number of aromatic nitrogens is 7. The van der Waals surface area contributed by atoms with Crippen molar-refractivity contribution in [3.8, 4) is 5.95 Å². The summed E-state index contributed by atoms with van der Waals surface area (Å²) in [5.41, 5.74) is 1.49. The number of carboxylic acid groups (broad SMARTS) is 1. The topological polar surface area (TPSA) is 218 Å². The molecule has 5 heterocycles. The van der Waals surface area contributed by atoms with E-state index in [0.717, 1.165) is 0 Å². The molecule has 0 saturated carbocycles. The van der Waals surface area contributed by atoms with E-state index in [1.54, 1.807) is 42.0 Å². The lowest BCUT2D eigenvalue weighted by atomic mass is 10.0. The van der Waals surface area contributed by atoms with Crippen LogP contribution in [0.3, 0.4) is 0 Å². The number of anilines is 1. The van der Waals surface area contributed by atoms with E-state index in [4.69, 9.17) is 0 Å². The Bertz CT molecular complexity index is 1840. The smallest absolute Gasteiger partial charge is 0.352 e. The molecule has 1 aromatic carbocycles. The lowest BCUT2D eigenvalue weighted by molar-refractivity contribution is -0.150. The Hall–Kier alpha value is -4.88. The van der Waals surface area contributed by atoms with Crippen molar-refractivity contribution < 1.29 is 24.3 Å². The van der Waals surface area contributed by atoms with E-state index in [1.807, 2.05) is 0 Å². The van der Waals surface area contributed by atoms with E-state index >= 15 is 0 Å². The molecule has 44 heavy (non-hydrogen) atoms. The summed E-state index contributed by atoms with van der Waals surface area (Å²) in [7, 11) is 0. The van der Waals surface area contributed by atoms with Gasteiger partial charge in [-0.3, -0.25) is 29.1 Å². The van der Waals surface area contributed by atoms with Crippen molar-refractivity contribution in [1.82, 2.24) is 45.4 Å². The number of hydrogen-bond acceptors (Lipinski definition) is 13. The molecule has 1 unspecified atom stereocenters. The Morgan fingerprint density at radius 1 is 1.14 bits per heavy atom. The molecule has 2 aliphatic rings. The molecule has 6 rings (SSSR count). The predicted molar refractivity (Wildman–Crippen MR) is 158 cm³/mol. The van der Waals surface area contributed by atoms with Gasteiger partial charge in [0, 0.05) is 29.6 Å². The number of amides is 3. The minimum absolute atomic E-state index is 0.0307. The maximum absolute atomic E-state index is 13.0. The van der Waals surface area contributed by atoms with Crippen molar-refractivity contribution in [2.45, 2.75) is 22.2 Å². The van der Waals surface area contributed by atoms with Crippen molar-refractivity contribution in [1.29, 1.82) is 0 Å². The highest BCUT2D eigenvalue weighted by molar-refractivity contribution is 8.01. The average Bonchev–Trinajstić information content (AvgIpc) is 3.74. The number of aromatic amines is 1. The van der Waals surface area contributed by atoms with Crippen LogP contribution in [0.5, 0.6) is 0 Å². The first-order valence-corrected chi connectivity index (χ1v) is 15.7. The molecule has 1 fully saturated rings. The largest absolute Gasteiger partial charge is 0.477 e. The molecular weight excluding hydrogens is 633 g/mol. The number of thioether (sulfide) groups is 2. The molecule has 16 nitrogen and oxygen atoms in total. The molecule has 3 aromatic heterocycles. The van der Waals surface area contributed by atoms with Crippen LogP contribution < -0.4 is 16.2 Å². The Kier molecular flexibility index (Phi) is 8.22. The van der Waals surface area contributed by atoms with E-state index in [2.05, 4.69) is 41.1 Å². The van der Waals surface area contributed by atoms with Crippen LogP contribution in [0.25, 0.3) is 5.95 Å². The number of carbonyl (C=O) groups excluding carboxylic acids is 3. The van der Waals surface area contributed by atoms with E-state index in [-0.39, 0.29) is 23.8 Å². The lowest BCUT2D eigenvalue weighted by Gasteiger charge is -2.49. The van der Waals surface area contributed by atoms with Gasteiger partial charge in [-0.15, -0.1) is 32.2 Å². The minimum atomic E-state index is -1.22. The Morgan fingerprint density at radius 2 is 1.98 bits per heavy atom. The Morgan fingerprint density at radius 3 is 2.70 bits per heavy atom. The molecule has 4 aromatic rings. The van der Waals surface area contributed by atoms with Crippen molar-refractivity contribution in [3.05, 3.63) is 81.1 Å². The van der Waals surface area contributed by atoms with Crippen LogP contribution in [-0.2, 0) is 20.8 Å². The SMILES string of the molecule is O=C(Cc1ccccc1NC(=O)c1nnc(-n2cccn2)[nH]c1=O)NC1C(=O)N2C(C(=O)O)=C(CSc3nncs3)CS[C@H]12. The molecule has 0 spiro atoms. The summed E-state index contributed by atoms with van der Waals surface area (Å²) in [6.07, 6.45) is 2.83. The van der Waals surface area contributed by atoms with Gasteiger partial charge in [0.05, 0.1) is 6.42 Å². The van der Waals surface area contributed by atoms with Gasteiger partial charge in [-0.1, -0.05) is 41.3 Å². The standard InChI is InChI=1S/C25H20N10O6S3/c36-15(29-17-21(39)35-18(23(40)41)13(9-42-22(17)35)10-43-25-33-26-11-44-25)8-12-4-1-2-5-14(12)28-19(37)16-20(38)30-24(32-31-16)34-7-3-6-27-34/h1-7,11,17,22H,8-10H2,(H,28,37)(H,29,36)(H,40,41)(H,30,32,38)/t17?,22-/m1/s1. The third-order valence-corrected chi connectivity index (χ3v) is 9.80. The molecule has 0 aliphatic carbocycles. The first-order chi connectivity index (χ1) is 21.3. The number of carbonyl (C=O) groups is 4. The highest BCUT2D eigenvalue weighted by atomic mass is 32.2. The van der Waals surface area contributed by atoms with E-state index in [1.165, 1.54) is 50.6 Å². The van der Waals surface area contributed by atoms with Gasteiger partial charge >= 0.3 is 5.97 Å². The zero-order valence-corrected chi connectivity index (χ0v) is 24.7. The highest BCUT2D eigenvalue weighted by Gasteiger charge is 2.54. The predicted octanol–water partition coefficient (Wildman–Crippen LogP) is 0.528. The first-order valence-electron chi connectivity index (χ1n) is 12.7. The van der Waals surface area contributed by atoms with Crippen LogP contribution in [0.1, 0.15) is 16.1 Å². The number of fused-ring (bicyclic) bond motifs is 1. The maximum atomic E-state index is 13.0. The lowest BCUT2D eigenvalue weighted by Crippen LogP contribution is -2.70. The number of nitrogens with zero attached hydrogens (tertiary/aromatic N) is 7. The first kappa shape index (κ1) is 29.2. The normalized spacial score (nSPS) is 17.5. The second kappa shape index (κ2) is 12.4. The zero-order chi connectivity index (χ0) is 30.8. The molecule has 0 bridgehead atoms. The Balaban J connectivity index is 1.10. The van der Waals surface area contributed by atoms with Gasteiger partial charge in [-0.25, -0.2) is 9.48 Å². The summed E-state index contributed by atoms with van der Waals surface area (Å²) in [4.78, 5) is 67.2. The van der Waals surface area contributed by atoms with Crippen molar-refractivity contribution in [2.24, 2.45) is 0 Å². The molecule has 1 saturated heterocycles. The van der Waals surface area contributed by atoms with Gasteiger partial charge in [0.15, 0.2) is 4.34 Å². The summed E-state index contributed by atoms with van der Waals surface area (Å²) in [6, 6.07) is 7.19. The number of benzene rings is 1. The number of carboxylic acids is 1. The third-order valence-electron chi connectivity index (χ3n) is 6.51. The summed E-state index contributed by atoms with van der Waals surface area (Å²) in [5.74, 6) is -2.35. The Labute approximate surface area is 259 Å². The van der Waals surface area contributed by atoms with E-state index in [9.17, 15) is 29.1 Å². The van der Waals surface area contributed by atoms with Gasteiger partial charge in [-0.05, 0) is 23.3 Å². The van der Waals surface area contributed by atoms with E-state index in [0.29, 0.717) is 27.0 Å². The van der Waals surface area contributed by atoms with Gasteiger partial charge in [-0.2, -0.15) is 5.10 Å². The van der Waals surface area contributed by atoms with Crippen LogP contribution in [0.15, 0.2) is 68.6 Å². The molecule has 2 atom stereocenters. The van der Waals surface area contributed by atoms with Gasteiger partial charge in [0.2, 0.25) is 11.6 Å². The summed E-state index contributed by atoms with van der Waals surface area (Å²) < 4.78 is 1.97. The van der Waals surface area contributed by atoms with Crippen LogP contribution in [-0.4, -0.2) is 91.8 Å². The summed E-state index contributed by atoms with van der Waals surface area (Å²) in [5, 5.41) is 33.8. The fraction of sp³-hybridized carbons (Fsp3) is 0.200. The molecule has 3 amide bonds. The van der Waals surface area contributed by atoms with Gasteiger partial charge in [0.25, 0.3) is 23.3 Å². The number of para-hydroxylation sites is 1. The van der Waals surface area contributed by atoms with Crippen molar-refractivity contribution in [2.75, 3.05) is 16.8 Å². The number of hydrogen-bond donors (Lipinski definition) is 4. The molecule has 0 radical (unpaired) electrons. The molecule has 4 N–H and O–H groups in total. The minimum Gasteiger partial charge on any atom is -0.477 e. The second-order valence-corrected chi connectivity index (χ2v) is 12.4. The highest BCUT2D eigenvalue weighted by Crippen LogP contribution is 2.41. The molecule has 19 heteroatoms. The number of H-pyrrole nitrogens is 1. The molecular formula is C25H20N10O6S3. The average molecular weight is 653 g/mol. The molecule has 2 aliphatic heterocycles. The monoisotopic (exact) mass is 652 g/mol. The van der Waals surface area contributed by atoms with Gasteiger partial charge in [0.1, 0.15) is 22.6 Å². The van der Waals surface area contributed by atoms with Crippen LogP contribution >= 0.6 is 34.9 Å². The fourth-order valence-electron chi connectivity index (χ4n) is 4.52. The van der Waals surface area contributed by atoms with Crippen molar-refractivity contribution in [3.63, 3.8) is 0 Å². The van der Waals surface area contributed by atoms with Crippen LogP contribution in [0.2, 0.25) is 0 Å². The quantitative estimate of drug-likeness (QED) is 0.136. The third kappa shape index (κ3) is 5.83. The fourth-order valence-corrected chi connectivity index (χ4v) is 7.49. The number of β-lactam (4-membered cyclic amide) rings is 1. The van der Waals surface area contributed by atoms with E-state index < -0.39 is 46.4 Å². The zero-order valence-electron chi connectivity index (χ0n) is 22.2.